The summed E-state index contributed by atoms with van der Waals surface area (Å²) >= 11 is 5.38. The number of rotatable bonds is 7. The molecule has 1 fully saturated rings. The molecule has 0 aromatic heterocycles. The highest BCUT2D eigenvalue weighted by atomic mass is 79.9. The monoisotopic (exact) mass is 373 g/mol. The zero-order chi connectivity index (χ0) is 15.1. The van der Waals surface area contributed by atoms with E-state index in [1.165, 1.54) is 25.7 Å². The average Bonchev–Trinajstić information content (AvgIpc) is 2.51. The highest BCUT2D eigenvalue weighted by molar-refractivity contribution is 9.10. The molecular formula is C16H24BrNO2S. The molecule has 2 N–H and O–H groups in total. The van der Waals surface area contributed by atoms with Crippen molar-refractivity contribution in [2.75, 3.05) is 19.4 Å². The molecule has 1 unspecified atom stereocenters. The van der Waals surface area contributed by atoms with Crippen LogP contribution in [-0.4, -0.2) is 41.9 Å². The second-order valence-corrected chi connectivity index (χ2v) is 7.59. The van der Waals surface area contributed by atoms with Crippen molar-refractivity contribution in [3.63, 3.8) is 0 Å². The van der Waals surface area contributed by atoms with Gasteiger partial charge >= 0.3 is 0 Å². The second-order valence-electron chi connectivity index (χ2n) is 5.54. The molecule has 5 heteroatoms. The molecule has 2 rings (SSSR count). The van der Waals surface area contributed by atoms with Gasteiger partial charge in [-0.15, -0.1) is 0 Å². The Morgan fingerprint density at radius 3 is 2.81 bits per heavy atom. The van der Waals surface area contributed by atoms with E-state index in [1.54, 1.807) is 0 Å². The lowest BCUT2D eigenvalue weighted by molar-refractivity contribution is 0.102. The Morgan fingerprint density at radius 1 is 1.38 bits per heavy atom. The number of hydrogen-bond acceptors (Lipinski definition) is 4. The van der Waals surface area contributed by atoms with E-state index in [1.807, 2.05) is 36.0 Å². The Hall–Kier alpha value is -0.230. The van der Waals surface area contributed by atoms with Crippen LogP contribution in [0.2, 0.25) is 0 Å². The number of aliphatic hydroxyl groups excluding tert-OH is 1. The van der Waals surface area contributed by atoms with Gasteiger partial charge in [-0.2, -0.15) is 11.8 Å². The number of hydrogen-bond donors (Lipinski definition) is 2. The topological polar surface area (TPSA) is 41.5 Å². The molecule has 118 valence electrons. The van der Waals surface area contributed by atoms with Gasteiger partial charge in [0.1, 0.15) is 18.5 Å². The fourth-order valence-electron chi connectivity index (χ4n) is 2.61. The normalized spacial score (nSPS) is 23.8. The minimum absolute atomic E-state index is 0.323. The molecule has 1 aliphatic rings. The molecule has 1 aliphatic carbocycles. The Morgan fingerprint density at radius 2 is 2.14 bits per heavy atom. The molecule has 0 heterocycles. The van der Waals surface area contributed by atoms with Crippen LogP contribution in [0.1, 0.15) is 25.7 Å². The first-order valence-corrected chi connectivity index (χ1v) is 9.58. The second kappa shape index (κ2) is 9.03. The van der Waals surface area contributed by atoms with Gasteiger partial charge in [0.25, 0.3) is 0 Å². The smallest absolute Gasteiger partial charge is 0.120 e. The van der Waals surface area contributed by atoms with Crippen LogP contribution in [0, 0.1) is 0 Å². The minimum atomic E-state index is -0.470. The van der Waals surface area contributed by atoms with Gasteiger partial charge in [0.05, 0.1) is 0 Å². The maximum Gasteiger partial charge on any atom is 0.120 e. The number of nitrogens with one attached hydrogen (secondary N) is 1. The molecule has 0 radical (unpaired) electrons. The first kappa shape index (κ1) is 17.1. The van der Waals surface area contributed by atoms with E-state index in [0.717, 1.165) is 15.5 Å². The van der Waals surface area contributed by atoms with Crippen LogP contribution < -0.4 is 10.1 Å². The maximum atomic E-state index is 10.0. The fourth-order valence-corrected chi connectivity index (χ4v) is 3.74. The van der Waals surface area contributed by atoms with Crippen molar-refractivity contribution in [3.05, 3.63) is 28.7 Å². The summed E-state index contributed by atoms with van der Waals surface area (Å²) in [6.07, 6.45) is 6.71. The Labute approximate surface area is 140 Å². The molecule has 3 nitrogen and oxygen atoms in total. The number of halogens is 1. The lowest BCUT2D eigenvalue weighted by atomic mass is 9.95. The Bertz CT molecular complexity index is 424. The molecule has 0 aliphatic heterocycles. The van der Waals surface area contributed by atoms with Gasteiger partial charge in [0, 0.05) is 22.3 Å². The summed E-state index contributed by atoms with van der Waals surface area (Å²) in [4.78, 5) is 0. The van der Waals surface area contributed by atoms with Crippen LogP contribution in [0.4, 0.5) is 0 Å². The van der Waals surface area contributed by atoms with Gasteiger partial charge in [-0.05, 0) is 50.1 Å². The third kappa shape index (κ3) is 6.19. The van der Waals surface area contributed by atoms with Crippen LogP contribution in [0.3, 0.4) is 0 Å². The summed E-state index contributed by atoms with van der Waals surface area (Å²) in [5, 5.41) is 14.3. The van der Waals surface area contributed by atoms with Crippen molar-refractivity contribution >= 4 is 27.7 Å². The quantitative estimate of drug-likeness (QED) is 0.767. The number of ether oxygens (including phenoxy) is 1. The third-order valence-corrected chi connectivity index (χ3v) is 5.52. The van der Waals surface area contributed by atoms with Gasteiger partial charge in [-0.25, -0.2) is 0 Å². The molecule has 0 amide bonds. The predicted octanol–water partition coefficient (Wildman–Crippen LogP) is 3.45. The summed E-state index contributed by atoms with van der Waals surface area (Å²) in [5.41, 5.74) is 0. The highest BCUT2D eigenvalue weighted by Gasteiger charge is 2.20. The van der Waals surface area contributed by atoms with Gasteiger partial charge in [-0.3, -0.25) is 0 Å². The lowest BCUT2D eigenvalue weighted by Crippen LogP contribution is -2.40. The van der Waals surface area contributed by atoms with E-state index in [-0.39, 0.29) is 0 Å². The molecule has 0 saturated heterocycles. The summed E-state index contributed by atoms with van der Waals surface area (Å²) in [7, 11) is 0. The summed E-state index contributed by atoms with van der Waals surface area (Å²) in [6, 6.07) is 8.23. The van der Waals surface area contributed by atoms with E-state index < -0.39 is 6.10 Å². The highest BCUT2D eigenvalue weighted by Crippen LogP contribution is 2.26. The van der Waals surface area contributed by atoms with Crippen molar-refractivity contribution in [2.45, 2.75) is 43.1 Å². The van der Waals surface area contributed by atoms with Crippen molar-refractivity contribution < 1.29 is 9.84 Å². The Kier molecular flexibility index (Phi) is 7.37. The Balaban J connectivity index is 1.62. The zero-order valence-electron chi connectivity index (χ0n) is 12.4. The first-order valence-electron chi connectivity index (χ1n) is 7.50. The molecule has 1 saturated carbocycles. The standard InChI is InChI=1S/C16H24BrNO2S/c1-21-16-7-5-13(6-8-16)18-10-14(19)11-20-15-4-2-3-12(17)9-15/h2-4,9,13-14,16,18-19H,5-8,10-11H2,1H3. The number of aliphatic hydroxyl groups is 1. The molecule has 1 aromatic carbocycles. The third-order valence-electron chi connectivity index (χ3n) is 3.89. The van der Waals surface area contributed by atoms with Crippen LogP contribution in [-0.2, 0) is 0 Å². The molecular weight excluding hydrogens is 350 g/mol. The van der Waals surface area contributed by atoms with Crippen molar-refractivity contribution in [3.8, 4) is 5.75 Å². The molecule has 1 aromatic rings. The molecule has 0 spiro atoms. The van der Waals surface area contributed by atoms with E-state index in [4.69, 9.17) is 4.74 Å². The van der Waals surface area contributed by atoms with Crippen molar-refractivity contribution in [1.29, 1.82) is 0 Å². The van der Waals surface area contributed by atoms with E-state index in [0.29, 0.717) is 19.2 Å². The molecule has 1 atom stereocenters. The maximum absolute atomic E-state index is 10.0. The van der Waals surface area contributed by atoms with Crippen LogP contribution in [0.25, 0.3) is 0 Å². The average molecular weight is 374 g/mol. The largest absolute Gasteiger partial charge is 0.491 e. The van der Waals surface area contributed by atoms with E-state index in [2.05, 4.69) is 27.5 Å². The summed E-state index contributed by atoms with van der Waals surface area (Å²) in [5.74, 6) is 0.781. The minimum Gasteiger partial charge on any atom is -0.491 e. The van der Waals surface area contributed by atoms with Crippen LogP contribution in [0.15, 0.2) is 28.7 Å². The first-order chi connectivity index (χ1) is 10.2. The lowest BCUT2D eigenvalue weighted by Gasteiger charge is -2.28. The van der Waals surface area contributed by atoms with Gasteiger partial charge in [-0.1, -0.05) is 22.0 Å². The SMILES string of the molecule is CSC1CCC(NCC(O)COc2cccc(Br)c2)CC1. The number of benzene rings is 1. The van der Waals surface area contributed by atoms with Gasteiger partial charge < -0.3 is 15.2 Å². The summed E-state index contributed by atoms with van der Waals surface area (Å²) < 4.78 is 6.58. The van der Waals surface area contributed by atoms with Crippen LogP contribution >= 0.6 is 27.7 Å². The van der Waals surface area contributed by atoms with Crippen LogP contribution in [0.5, 0.6) is 5.75 Å². The number of thioether (sulfide) groups is 1. The fraction of sp³-hybridized carbons (Fsp3) is 0.625. The van der Waals surface area contributed by atoms with Gasteiger partial charge in [0.15, 0.2) is 0 Å². The van der Waals surface area contributed by atoms with E-state index >= 15 is 0 Å². The zero-order valence-corrected chi connectivity index (χ0v) is 14.8. The summed E-state index contributed by atoms with van der Waals surface area (Å²) in [6.45, 7) is 0.923. The molecule has 21 heavy (non-hydrogen) atoms. The van der Waals surface area contributed by atoms with Gasteiger partial charge in [0.2, 0.25) is 0 Å². The molecule has 0 bridgehead atoms. The van der Waals surface area contributed by atoms with E-state index in [9.17, 15) is 5.11 Å². The van der Waals surface area contributed by atoms with Crippen molar-refractivity contribution in [2.24, 2.45) is 0 Å². The predicted molar refractivity (Wildman–Crippen MR) is 93.2 cm³/mol. The van der Waals surface area contributed by atoms with Crippen molar-refractivity contribution in [1.82, 2.24) is 5.32 Å².